The van der Waals surface area contributed by atoms with Crippen LogP contribution in [0.4, 0.5) is 0 Å². The number of benzene rings is 2. The third kappa shape index (κ3) is 6.41. The summed E-state index contributed by atoms with van der Waals surface area (Å²) >= 11 is 1.21. The molecular formula is C30H30N4O8S. The van der Waals surface area contributed by atoms with E-state index < -0.39 is 5.25 Å². The molecule has 12 nitrogen and oxygen atoms in total. The summed E-state index contributed by atoms with van der Waals surface area (Å²) in [6, 6.07) is 12.4. The predicted octanol–water partition coefficient (Wildman–Crippen LogP) is 3.73. The molecule has 4 aromatic rings. The number of nitrogens with zero attached hydrogens (tertiary/aromatic N) is 2. The van der Waals surface area contributed by atoms with E-state index in [2.05, 4.69) is 10.6 Å². The van der Waals surface area contributed by atoms with Crippen molar-refractivity contribution in [2.24, 2.45) is 0 Å². The predicted molar refractivity (Wildman–Crippen MR) is 156 cm³/mol. The largest absolute Gasteiger partial charge is 0.467 e. The first-order valence-electron chi connectivity index (χ1n) is 13.9. The van der Waals surface area contributed by atoms with Crippen molar-refractivity contribution in [3.63, 3.8) is 0 Å². The van der Waals surface area contributed by atoms with Gasteiger partial charge in [0.2, 0.25) is 25.4 Å². The lowest BCUT2D eigenvalue weighted by Crippen LogP contribution is -2.33. The average molecular weight is 607 g/mol. The van der Waals surface area contributed by atoms with Gasteiger partial charge in [-0.1, -0.05) is 24.8 Å². The van der Waals surface area contributed by atoms with Crippen LogP contribution in [0.3, 0.4) is 0 Å². The summed E-state index contributed by atoms with van der Waals surface area (Å²) < 4.78 is 28.5. The minimum absolute atomic E-state index is 0.0660. The lowest BCUT2D eigenvalue weighted by molar-refractivity contribution is -0.122. The Balaban J connectivity index is 1.16. The number of amides is 2. The number of thioether (sulfide) groups is 1. The summed E-state index contributed by atoms with van der Waals surface area (Å²) in [5, 5.41) is 6.05. The summed E-state index contributed by atoms with van der Waals surface area (Å²) in [6.45, 7) is 2.98. The molecule has 2 amide bonds. The molecule has 0 fully saturated rings. The van der Waals surface area contributed by atoms with Crippen molar-refractivity contribution in [2.75, 3.05) is 13.6 Å². The van der Waals surface area contributed by atoms with Crippen LogP contribution in [0, 0.1) is 0 Å². The lowest BCUT2D eigenvalue weighted by Gasteiger charge is -2.18. The zero-order chi connectivity index (χ0) is 29.8. The van der Waals surface area contributed by atoms with E-state index >= 15 is 0 Å². The summed E-state index contributed by atoms with van der Waals surface area (Å²) in [4.78, 5) is 44.2. The Labute approximate surface area is 250 Å². The maximum absolute atomic E-state index is 13.7. The van der Waals surface area contributed by atoms with E-state index in [1.165, 1.54) is 16.3 Å². The zero-order valence-electron chi connectivity index (χ0n) is 23.4. The van der Waals surface area contributed by atoms with E-state index in [1.54, 1.807) is 30.5 Å². The maximum atomic E-state index is 13.7. The number of rotatable bonds is 12. The van der Waals surface area contributed by atoms with Gasteiger partial charge in [-0.2, -0.15) is 0 Å². The van der Waals surface area contributed by atoms with Gasteiger partial charge in [0.05, 0.1) is 29.0 Å². The zero-order valence-corrected chi connectivity index (χ0v) is 24.2. The Morgan fingerprint density at radius 3 is 2.51 bits per heavy atom. The Kier molecular flexibility index (Phi) is 8.40. The molecule has 43 heavy (non-hydrogen) atoms. The molecule has 0 saturated heterocycles. The van der Waals surface area contributed by atoms with Gasteiger partial charge < -0.3 is 34.0 Å². The van der Waals surface area contributed by atoms with Gasteiger partial charge in [0.25, 0.3) is 5.56 Å². The number of carbonyl (C=O) groups excluding carboxylic acids is 2. The minimum Gasteiger partial charge on any atom is -0.467 e. The molecule has 224 valence electrons. The highest BCUT2D eigenvalue weighted by Gasteiger charge is 2.24. The molecule has 2 aliphatic rings. The van der Waals surface area contributed by atoms with Crippen molar-refractivity contribution in [3.8, 4) is 23.0 Å². The summed E-state index contributed by atoms with van der Waals surface area (Å²) in [7, 11) is 0. The van der Waals surface area contributed by atoms with Gasteiger partial charge in [0.15, 0.2) is 28.2 Å². The van der Waals surface area contributed by atoms with Gasteiger partial charge in [-0.25, -0.2) is 4.98 Å². The smallest absolute Gasteiger partial charge is 0.262 e. The molecular weight excluding hydrogens is 576 g/mol. The lowest BCUT2D eigenvalue weighted by atomic mass is 10.2. The molecule has 2 N–H and O–H groups in total. The van der Waals surface area contributed by atoms with Crippen molar-refractivity contribution in [1.82, 2.24) is 20.2 Å². The Hall–Kier alpha value is -4.65. The number of carbonyl (C=O) groups is 2. The van der Waals surface area contributed by atoms with Gasteiger partial charge in [-0.05, 0) is 48.7 Å². The van der Waals surface area contributed by atoms with E-state index in [4.69, 9.17) is 28.3 Å². The Bertz CT molecular complexity index is 1700. The highest BCUT2D eigenvalue weighted by molar-refractivity contribution is 8.00. The minimum atomic E-state index is -0.510. The monoisotopic (exact) mass is 606 g/mol. The van der Waals surface area contributed by atoms with Crippen LogP contribution in [0.25, 0.3) is 10.9 Å². The standard InChI is InChI=1S/C30H30N4O8S/c1-2-26(28(36)32-15-19-5-4-10-38-19)43-30-33-21-13-25-24(41-17-42-25)12-20(21)29(37)34(30)9-3-6-27(35)31-14-18-7-8-22-23(11-18)40-16-39-22/h4-5,7-8,10-13,26H,2-3,6,9,14-17H2,1H3,(H,31,35)(H,32,36)/t26-/m0/s1. The Morgan fingerprint density at radius 2 is 1.74 bits per heavy atom. The van der Waals surface area contributed by atoms with E-state index in [0.717, 1.165) is 5.56 Å². The molecule has 13 heteroatoms. The van der Waals surface area contributed by atoms with Crippen LogP contribution in [-0.4, -0.2) is 40.2 Å². The number of nitrogens with one attached hydrogen (secondary N) is 2. The highest BCUT2D eigenvalue weighted by Crippen LogP contribution is 2.36. The van der Waals surface area contributed by atoms with Crippen LogP contribution >= 0.6 is 11.8 Å². The van der Waals surface area contributed by atoms with Gasteiger partial charge in [0.1, 0.15) is 5.76 Å². The van der Waals surface area contributed by atoms with Crippen molar-refractivity contribution in [2.45, 2.75) is 56.2 Å². The van der Waals surface area contributed by atoms with Gasteiger partial charge in [-0.3, -0.25) is 19.0 Å². The highest BCUT2D eigenvalue weighted by atomic mass is 32.2. The fourth-order valence-electron chi connectivity index (χ4n) is 4.77. The third-order valence-electron chi connectivity index (χ3n) is 7.05. The molecule has 0 unspecified atom stereocenters. The first-order valence-corrected chi connectivity index (χ1v) is 14.8. The third-order valence-corrected chi connectivity index (χ3v) is 8.41. The second kappa shape index (κ2) is 12.7. The molecule has 2 aliphatic heterocycles. The molecule has 0 aliphatic carbocycles. The molecule has 1 atom stereocenters. The van der Waals surface area contributed by atoms with E-state index in [9.17, 15) is 14.4 Å². The van der Waals surface area contributed by atoms with Crippen molar-refractivity contribution < 1.29 is 33.0 Å². The molecule has 2 aromatic carbocycles. The quantitative estimate of drug-likeness (QED) is 0.181. The molecule has 0 spiro atoms. The SMILES string of the molecule is CC[C@H](Sc1nc2cc3c(cc2c(=O)n1CCCC(=O)NCc1ccc2c(c1)OCO2)OCO3)C(=O)NCc1ccco1. The van der Waals surface area contributed by atoms with Crippen LogP contribution in [-0.2, 0) is 29.2 Å². The summed E-state index contributed by atoms with van der Waals surface area (Å²) in [5.41, 5.74) is 1.05. The van der Waals surface area contributed by atoms with Crippen LogP contribution in [0.1, 0.15) is 37.5 Å². The van der Waals surface area contributed by atoms with E-state index in [1.807, 2.05) is 25.1 Å². The fourth-order valence-corrected chi connectivity index (χ4v) is 5.83. The first-order chi connectivity index (χ1) is 21.0. The first kappa shape index (κ1) is 28.5. The average Bonchev–Trinajstić information content (AvgIpc) is 3.80. The van der Waals surface area contributed by atoms with Crippen LogP contribution in [0.2, 0.25) is 0 Å². The molecule has 6 rings (SSSR count). The van der Waals surface area contributed by atoms with Crippen molar-refractivity contribution >= 4 is 34.5 Å². The van der Waals surface area contributed by atoms with Crippen LogP contribution < -0.4 is 35.1 Å². The number of furan rings is 1. The van der Waals surface area contributed by atoms with Crippen LogP contribution in [0.15, 0.2) is 63.1 Å². The van der Waals surface area contributed by atoms with E-state index in [-0.39, 0.29) is 50.5 Å². The van der Waals surface area contributed by atoms with Gasteiger partial charge >= 0.3 is 0 Å². The number of hydrogen-bond acceptors (Lipinski definition) is 10. The number of ether oxygens (including phenoxy) is 4. The Morgan fingerprint density at radius 1 is 0.977 bits per heavy atom. The van der Waals surface area contributed by atoms with Crippen molar-refractivity contribution in [3.05, 3.63) is 70.4 Å². The normalized spacial score (nSPS) is 13.7. The maximum Gasteiger partial charge on any atom is 0.262 e. The number of aromatic nitrogens is 2. The topological polar surface area (TPSA) is 143 Å². The number of fused-ring (bicyclic) bond motifs is 3. The van der Waals surface area contributed by atoms with Crippen molar-refractivity contribution in [1.29, 1.82) is 0 Å². The summed E-state index contributed by atoms with van der Waals surface area (Å²) in [6.07, 6.45) is 2.64. The van der Waals surface area contributed by atoms with Gasteiger partial charge in [-0.15, -0.1) is 0 Å². The molecule has 0 bridgehead atoms. The second-order valence-electron chi connectivity index (χ2n) is 9.95. The molecule has 0 radical (unpaired) electrons. The summed E-state index contributed by atoms with van der Waals surface area (Å²) in [5.74, 6) is 2.62. The second-order valence-corrected chi connectivity index (χ2v) is 11.1. The molecule has 0 saturated carbocycles. The van der Waals surface area contributed by atoms with Gasteiger partial charge in [0, 0.05) is 25.6 Å². The molecule has 4 heterocycles. The van der Waals surface area contributed by atoms with E-state index in [0.29, 0.717) is 64.2 Å². The fraction of sp³-hybridized carbons (Fsp3) is 0.333. The molecule has 2 aromatic heterocycles. The van der Waals surface area contributed by atoms with Crippen LogP contribution in [0.5, 0.6) is 23.0 Å². The number of hydrogen-bond donors (Lipinski definition) is 2.